The first kappa shape index (κ1) is 20.5. The van der Waals surface area contributed by atoms with Crippen molar-refractivity contribution in [2.24, 2.45) is 21.7 Å². The second-order valence-electron chi connectivity index (χ2n) is 8.96. The number of nitrogens with one attached hydrogen (secondary N) is 2. The van der Waals surface area contributed by atoms with Crippen molar-refractivity contribution in [2.45, 2.75) is 65.4 Å². The standard InChI is InChI=1S/C20H39N3O2/c1-19(2,3)17-16(8-6-12-25-17)14-22-18(21-4)23-15-20(9-7-10-20)11-13-24-5/h16-17H,6-15H2,1-5H3,(H2,21,22,23). The van der Waals surface area contributed by atoms with Crippen LogP contribution in [0.1, 0.15) is 59.3 Å². The molecule has 2 fully saturated rings. The number of ether oxygens (including phenoxy) is 2. The second kappa shape index (κ2) is 9.22. The molecular formula is C20H39N3O2. The molecule has 5 heteroatoms. The molecule has 1 aliphatic heterocycles. The highest BCUT2D eigenvalue weighted by molar-refractivity contribution is 5.79. The molecule has 1 heterocycles. The van der Waals surface area contributed by atoms with Crippen molar-refractivity contribution < 1.29 is 9.47 Å². The number of guanidine groups is 1. The van der Waals surface area contributed by atoms with Gasteiger partial charge in [0, 0.05) is 46.4 Å². The Morgan fingerprint density at radius 3 is 2.56 bits per heavy atom. The zero-order valence-electron chi connectivity index (χ0n) is 17.0. The Morgan fingerprint density at radius 2 is 2.00 bits per heavy atom. The fraction of sp³-hybridized carbons (Fsp3) is 0.950. The van der Waals surface area contributed by atoms with Crippen LogP contribution in [0.2, 0.25) is 0 Å². The fourth-order valence-electron chi connectivity index (χ4n) is 4.24. The highest BCUT2D eigenvalue weighted by Crippen LogP contribution is 2.43. The summed E-state index contributed by atoms with van der Waals surface area (Å²) in [5.74, 6) is 1.46. The van der Waals surface area contributed by atoms with Crippen molar-refractivity contribution >= 4 is 5.96 Å². The number of rotatable bonds is 7. The summed E-state index contributed by atoms with van der Waals surface area (Å²) < 4.78 is 11.4. The van der Waals surface area contributed by atoms with Gasteiger partial charge < -0.3 is 20.1 Å². The molecule has 2 atom stereocenters. The number of hydrogen-bond acceptors (Lipinski definition) is 3. The summed E-state index contributed by atoms with van der Waals surface area (Å²) >= 11 is 0. The van der Waals surface area contributed by atoms with Gasteiger partial charge in [-0.05, 0) is 42.9 Å². The molecule has 0 aromatic heterocycles. The lowest BCUT2D eigenvalue weighted by molar-refractivity contribution is -0.0835. The van der Waals surface area contributed by atoms with Crippen LogP contribution in [0.25, 0.3) is 0 Å². The van der Waals surface area contributed by atoms with Crippen LogP contribution in [0.15, 0.2) is 4.99 Å². The molecule has 0 spiro atoms. The molecule has 1 saturated heterocycles. The van der Waals surface area contributed by atoms with E-state index in [4.69, 9.17) is 9.47 Å². The summed E-state index contributed by atoms with van der Waals surface area (Å²) in [6, 6.07) is 0. The molecule has 2 aliphatic rings. The Hall–Kier alpha value is -0.810. The van der Waals surface area contributed by atoms with Crippen LogP contribution in [0.4, 0.5) is 0 Å². The number of nitrogens with zero attached hydrogens (tertiary/aromatic N) is 1. The van der Waals surface area contributed by atoms with Crippen LogP contribution in [0, 0.1) is 16.7 Å². The van der Waals surface area contributed by atoms with Crippen LogP contribution in [0.3, 0.4) is 0 Å². The molecule has 5 nitrogen and oxygen atoms in total. The average molecular weight is 354 g/mol. The van der Waals surface area contributed by atoms with Gasteiger partial charge in [-0.1, -0.05) is 27.2 Å². The van der Waals surface area contributed by atoms with Gasteiger partial charge in [-0.2, -0.15) is 0 Å². The number of methoxy groups -OCH3 is 1. The van der Waals surface area contributed by atoms with Gasteiger partial charge in [0.1, 0.15) is 0 Å². The van der Waals surface area contributed by atoms with Crippen molar-refractivity contribution in [1.29, 1.82) is 0 Å². The highest BCUT2D eigenvalue weighted by atomic mass is 16.5. The maximum absolute atomic E-state index is 6.09. The highest BCUT2D eigenvalue weighted by Gasteiger charge is 2.37. The molecule has 0 amide bonds. The summed E-state index contributed by atoms with van der Waals surface area (Å²) in [7, 11) is 3.65. The zero-order chi connectivity index (χ0) is 18.3. The quantitative estimate of drug-likeness (QED) is 0.545. The van der Waals surface area contributed by atoms with Gasteiger partial charge >= 0.3 is 0 Å². The molecule has 2 rings (SSSR count). The molecule has 25 heavy (non-hydrogen) atoms. The van der Waals surface area contributed by atoms with Gasteiger partial charge in [-0.3, -0.25) is 4.99 Å². The van der Waals surface area contributed by atoms with Gasteiger partial charge in [0.15, 0.2) is 5.96 Å². The van der Waals surface area contributed by atoms with E-state index >= 15 is 0 Å². The number of aliphatic imine (C=N–C) groups is 1. The first-order chi connectivity index (χ1) is 11.9. The van der Waals surface area contributed by atoms with Gasteiger partial charge in [-0.25, -0.2) is 0 Å². The summed E-state index contributed by atoms with van der Waals surface area (Å²) in [6.07, 6.45) is 7.76. The maximum Gasteiger partial charge on any atom is 0.191 e. The van der Waals surface area contributed by atoms with E-state index in [-0.39, 0.29) is 5.41 Å². The van der Waals surface area contributed by atoms with E-state index in [9.17, 15) is 0 Å². The molecule has 146 valence electrons. The minimum atomic E-state index is 0.180. The molecule has 1 aliphatic carbocycles. The van der Waals surface area contributed by atoms with Gasteiger partial charge in [-0.15, -0.1) is 0 Å². The van der Waals surface area contributed by atoms with E-state index in [0.717, 1.165) is 45.1 Å². The average Bonchev–Trinajstić information content (AvgIpc) is 2.55. The second-order valence-corrected chi connectivity index (χ2v) is 8.96. The molecule has 0 radical (unpaired) electrons. The van der Waals surface area contributed by atoms with Gasteiger partial charge in [0.25, 0.3) is 0 Å². The monoisotopic (exact) mass is 353 g/mol. The normalized spacial score (nSPS) is 26.8. The maximum atomic E-state index is 6.09. The molecule has 0 bridgehead atoms. The summed E-state index contributed by atoms with van der Waals surface area (Å²) in [6.45, 7) is 10.5. The van der Waals surface area contributed by atoms with Crippen molar-refractivity contribution in [1.82, 2.24) is 10.6 Å². The molecule has 1 saturated carbocycles. The smallest absolute Gasteiger partial charge is 0.191 e. The van der Waals surface area contributed by atoms with E-state index < -0.39 is 0 Å². The van der Waals surface area contributed by atoms with Gasteiger partial charge in [0.05, 0.1) is 6.10 Å². The Morgan fingerprint density at radius 1 is 1.24 bits per heavy atom. The summed E-state index contributed by atoms with van der Waals surface area (Å²) in [5, 5.41) is 7.10. The zero-order valence-corrected chi connectivity index (χ0v) is 17.0. The summed E-state index contributed by atoms with van der Waals surface area (Å²) in [5.41, 5.74) is 0.579. The fourth-order valence-corrected chi connectivity index (χ4v) is 4.24. The Labute approximate surface area is 154 Å². The molecule has 2 N–H and O–H groups in total. The van der Waals surface area contributed by atoms with Crippen LogP contribution >= 0.6 is 0 Å². The molecular weight excluding hydrogens is 314 g/mol. The van der Waals surface area contributed by atoms with Crippen molar-refractivity contribution in [3.63, 3.8) is 0 Å². The topological polar surface area (TPSA) is 54.9 Å². The number of hydrogen-bond donors (Lipinski definition) is 2. The SMILES string of the molecule is CN=C(NCC1CCCOC1C(C)(C)C)NCC1(CCOC)CCC1. The molecule has 0 aromatic carbocycles. The predicted octanol–water partition coefficient (Wildman–Crippen LogP) is 3.20. The van der Waals surface area contributed by atoms with Crippen molar-refractivity contribution in [3.8, 4) is 0 Å². The third-order valence-electron chi connectivity index (χ3n) is 5.94. The first-order valence-electron chi connectivity index (χ1n) is 9.95. The largest absolute Gasteiger partial charge is 0.385 e. The molecule has 0 aromatic rings. The van der Waals surface area contributed by atoms with Crippen LogP contribution < -0.4 is 10.6 Å². The lowest BCUT2D eigenvalue weighted by Crippen LogP contribution is -2.50. The lowest BCUT2D eigenvalue weighted by atomic mass is 9.67. The van der Waals surface area contributed by atoms with E-state index in [2.05, 4.69) is 36.4 Å². The summed E-state index contributed by atoms with van der Waals surface area (Å²) in [4.78, 5) is 4.42. The van der Waals surface area contributed by atoms with Crippen molar-refractivity contribution in [2.75, 3.05) is 40.5 Å². The first-order valence-corrected chi connectivity index (χ1v) is 9.95. The Bertz CT molecular complexity index is 427. The third-order valence-corrected chi connectivity index (χ3v) is 5.94. The van der Waals surface area contributed by atoms with Crippen LogP contribution in [0.5, 0.6) is 0 Å². The lowest BCUT2D eigenvalue weighted by Gasteiger charge is -2.42. The van der Waals surface area contributed by atoms with Crippen LogP contribution in [-0.2, 0) is 9.47 Å². The van der Waals surface area contributed by atoms with E-state index in [1.165, 1.54) is 25.7 Å². The Balaban J connectivity index is 1.81. The van der Waals surface area contributed by atoms with Gasteiger partial charge in [0.2, 0.25) is 0 Å². The van der Waals surface area contributed by atoms with E-state index in [0.29, 0.717) is 17.4 Å². The third kappa shape index (κ3) is 5.85. The Kier molecular flexibility index (Phi) is 7.56. The van der Waals surface area contributed by atoms with Crippen LogP contribution in [-0.4, -0.2) is 52.5 Å². The molecule has 2 unspecified atom stereocenters. The van der Waals surface area contributed by atoms with E-state index in [1.807, 2.05) is 7.05 Å². The predicted molar refractivity (Wildman–Crippen MR) is 104 cm³/mol. The minimum Gasteiger partial charge on any atom is -0.385 e. The van der Waals surface area contributed by atoms with Crippen molar-refractivity contribution in [3.05, 3.63) is 0 Å². The van der Waals surface area contributed by atoms with E-state index in [1.54, 1.807) is 7.11 Å². The minimum absolute atomic E-state index is 0.180.